The number of carbonyl (C=O) groups excluding carboxylic acids is 1. The minimum Gasteiger partial charge on any atom is -0.462 e. The van der Waals surface area contributed by atoms with Gasteiger partial charge in [0.05, 0.1) is 21.6 Å². The lowest BCUT2D eigenvalue weighted by Gasteiger charge is -2.06. The number of nitro groups is 1. The Morgan fingerprint density at radius 1 is 1.56 bits per heavy atom. The zero-order valence-electron chi connectivity index (χ0n) is 8.82. The van der Waals surface area contributed by atoms with E-state index in [1.165, 1.54) is 19.1 Å². The Balaban J connectivity index is 3.29. The van der Waals surface area contributed by atoms with E-state index < -0.39 is 10.9 Å². The van der Waals surface area contributed by atoms with Crippen LogP contribution in [0, 0.1) is 17.0 Å². The number of rotatable bonds is 3. The Morgan fingerprint density at radius 3 is 2.69 bits per heavy atom. The summed E-state index contributed by atoms with van der Waals surface area (Å²) in [6.45, 7) is 3.44. The minimum absolute atomic E-state index is 0.106. The normalized spacial score (nSPS) is 9.94. The molecule has 1 aromatic carbocycles. The molecule has 0 aliphatic heterocycles. The van der Waals surface area contributed by atoms with Gasteiger partial charge >= 0.3 is 5.97 Å². The van der Waals surface area contributed by atoms with Gasteiger partial charge in [-0.1, -0.05) is 0 Å². The van der Waals surface area contributed by atoms with Crippen LogP contribution in [0.4, 0.5) is 5.69 Å². The standard InChI is InChI=1S/C10H10BrNO4/c1-3-16-10(13)7-4-5-8(11)9(6(7)2)12(14)15/h4-5H,3H2,1-2H3. The predicted molar refractivity (Wildman–Crippen MR) is 61.5 cm³/mol. The summed E-state index contributed by atoms with van der Waals surface area (Å²) in [6.07, 6.45) is 0. The van der Waals surface area contributed by atoms with Crippen LogP contribution in [-0.4, -0.2) is 17.5 Å². The average Bonchev–Trinajstić information content (AvgIpc) is 2.17. The number of nitro benzene ring substituents is 1. The summed E-state index contributed by atoms with van der Waals surface area (Å²) in [5.41, 5.74) is 0.417. The van der Waals surface area contributed by atoms with Crippen molar-refractivity contribution in [3.63, 3.8) is 0 Å². The summed E-state index contributed by atoms with van der Waals surface area (Å²) in [6, 6.07) is 2.97. The fourth-order valence-electron chi connectivity index (χ4n) is 1.32. The van der Waals surface area contributed by atoms with Crippen molar-refractivity contribution >= 4 is 27.6 Å². The van der Waals surface area contributed by atoms with Crippen LogP contribution in [0.5, 0.6) is 0 Å². The second-order valence-corrected chi connectivity index (χ2v) is 3.90. The molecular weight excluding hydrogens is 278 g/mol. The molecule has 6 heteroatoms. The SMILES string of the molecule is CCOC(=O)c1ccc(Br)c([N+](=O)[O-])c1C. The molecule has 0 aliphatic rings. The molecule has 0 fully saturated rings. The highest BCUT2D eigenvalue weighted by Gasteiger charge is 2.22. The van der Waals surface area contributed by atoms with Gasteiger partial charge in [-0.3, -0.25) is 10.1 Å². The maximum atomic E-state index is 11.5. The molecule has 0 N–H and O–H groups in total. The van der Waals surface area contributed by atoms with Crippen LogP contribution in [0.25, 0.3) is 0 Å². The number of benzene rings is 1. The Morgan fingerprint density at radius 2 is 2.19 bits per heavy atom. The maximum absolute atomic E-state index is 11.5. The van der Waals surface area contributed by atoms with Crippen LogP contribution < -0.4 is 0 Å². The zero-order valence-corrected chi connectivity index (χ0v) is 10.4. The molecule has 0 saturated carbocycles. The molecular formula is C10H10BrNO4. The molecule has 0 aromatic heterocycles. The largest absolute Gasteiger partial charge is 0.462 e. The van der Waals surface area contributed by atoms with E-state index in [-0.39, 0.29) is 17.9 Å². The van der Waals surface area contributed by atoms with Crippen molar-refractivity contribution in [2.24, 2.45) is 0 Å². The number of halogens is 1. The van der Waals surface area contributed by atoms with Gasteiger partial charge in [-0.05, 0) is 41.9 Å². The van der Waals surface area contributed by atoms with Crippen molar-refractivity contribution in [2.45, 2.75) is 13.8 Å². The van der Waals surface area contributed by atoms with E-state index in [2.05, 4.69) is 15.9 Å². The highest BCUT2D eigenvalue weighted by Crippen LogP contribution is 2.30. The summed E-state index contributed by atoms with van der Waals surface area (Å²) in [5.74, 6) is -0.546. The van der Waals surface area contributed by atoms with E-state index in [1.807, 2.05) is 0 Å². The van der Waals surface area contributed by atoms with Gasteiger partial charge in [-0.15, -0.1) is 0 Å². The van der Waals surface area contributed by atoms with Crippen LogP contribution in [0.1, 0.15) is 22.8 Å². The highest BCUT2D eigenvalue weighted by atomic mass is 79.9. The summed E-state index contributed by atoms with van der Waals surface area (Å²) in [7, 11) is 0. The molecule has 16 heavy (non-hydrogen) atoms. The molecule has 1 aromatic rings. The summed E-state index contributed by atoms with van der Waals surface area (Å²) in [5, 5.41) is 10.8. The fourth-order valence-corrected chi connectivity index (χ4v) is 1.90. The van der Waals surface area contributed by atoms with Gasteiger partial charge < -0.3 is 4.74 Å². The van der Waals surface area contributed by atoms with Gasteiger partial charge in [-0.2, -0.15) is 0 Å². The number of carbonyl (C=O) groups is 1. The van der Waals surface area contributed by atoms with Crippen molar-refractivity contribution in [1.82, 2.24) is 0 Å². The third-order valence-electron chi connectivity index (χ3n) is 2.06. The highest BCUT2D eigenvalue weighted by molar-refractivity contribution is 9.10. The molecule has 0 atom stereocenters. The molecule has 0 spiro atoms. The first-order valence-electron chi connectivity index (χ1n) is 4.59. The van der Waals surface area contributed by atoms with Gasteiger partial charge in [0, 0.05) is 5.56 Å². The molecule has 0 amide bonds. The second-order valence-electron chi connectivity index (χ2n) is 3.05. The number of ether oxygens (including phenoxy) is 1. The molecule has 0 radical (unpaired) electrons. The molecule has 5 nitrogen and oxygen atoms in total. The van der Waals surface area contributed by atoms with Crippen molar-refractivity contribution in [1.29, 1.82) is 0 Å². The van der Waals surface area contributed by atoms with E-state index in [0.29, 0.717) is 10.0 Å². The first-order valence-corrected chi connectivity index (χ1v) is 5.39. The van der Waals surface area contributed by atoms with Gasteiger partial charge in [0.25, 0.3) is 5.69 Å². The Bertz CT molecular complexity index is 445. The first-order chi connectivity index (χ1) is 7.49. The Kier molecular flexibility index (Phi) is 4.00. The molecule has 0 unspecified atom stereocenters. The maximum Gasteiger partial charge on any atom is 0.338 e. The molecule has 0 aliphatic carbocycles. The van der Waals surface area contributed by atoms with Gasteiger partial charge in [0.2, 0.25) is 0 Å². The molecule has 0 bridgehead atoms. The lowest BCUT2D eigenvalue weighted by molar-refractivity contribution is -0.386. The van der Waals surface area contributed by atoms with E-state index in [0.717, 1.165) is 0 Å². The third-order valence-corrected chi connectivity index (χ3v) is 2.70. The molecule has 1 rings (SSSR count). The van der Waals surface area contributed by atoms with Crippen LogP contribution in [0.15, 0.2) is 16.6 Å². The summed E-state index contributed by atoms with van der Waals surface area (Å²) >= 11 is 3.08. The quantitative estimate of drug-likeness (QED) is 0.487. The van der Waals surface area contributed by atoms with E-state index >= 15 is 0 Å². The van der Waals surface area contributed by atoms with E-state index in [1.54, 1.807) is 6.92 Å². The van der Waals surface area contributed by atoms with E-state index in [4.69, 9.17) is 4.74 Å². The lowest BCUT2D eigenvalue weighted by atomic mass is 10.1. The smallest absolute Gasteiger partial charge is 0.338 e. The van der Waals surface area contributed by atoms with Gasteiger partial charge in [-0.25, -0.2) is 4.79 Å². The fraction of sp³-hybridized carbons (Fsp3) is 0.300. The van der Waals surface area contributed by atoms with Crippen molar-refractivity contribution < 1.29 is 14.5 Å². The third kappa shape index (κ3) is 2.38. The average molecular weight is 288 g/mol. The zero-order chi connectivity index (χ0) is 12.3. The number of hydrogen-bond acceptors (Lipinski definition) is 4. The lowest BCUT2D eigenvalue weighted by Crippen LogP contribution is -2.08. The van der Waals surface area contributed by atoms with Crippen LogP contribution in [-0.2, 0) is 4.74 Å². The molecule has 0 heterocycles. The predicted octanol–water partition coefficient (Wildman–Crippen LogP) is 2.84. The monoisotopic (exact) mass is 287 g/mol. The van der Waals surface area contributed by atoms with Crippen LogP contribution >= 0.6 is 15.9 Å². The summed E-state index contributed by atoms with van der Waals surface area (Å²) < 4.78 is 5.16. The second kappa shape index (κ2) is 5.07. The van der Waals surface area contributed by atoms with E-state index in [9.17, 15) is 14.9 Å². The summed E-state index contributed by atoms with van der Waals surface area (Å²) in [4.78, 5) is 21.8. The van der Waals surface area contributed by atoms with Crippen molar-refractivity contribution in [2.75, 3.05) is 6.61 Å². The Hall–Kier alpha value is -1.43. The van der Waals surface area contributed by atoms with Gasteiger partial charge in [0.1, 0.15) is 0 Å². The molecule has 0 saturated heterocycles. The van der Waals surface area contributed by atoms with Crippen LogP contribution in [0.3, 0.4) is 0 Å². The number of hydrogen-bond donors (Lipinski definition) is 0. The van der Waals surface area contributed by atoms with Crippen molar-refractivity contribution in [3.05, 3.63) is 37.8 Å². The number of esters is 1. The van der Waals surface area contributed by atoms with Crippen LogP contribution in [0.2, 0.25) is 0 Å². The van der Waals surface area contributed by atoms with Crippen molar-refractivity contribution in [3.8, 4) is 0 Å². The number of nitrogens with zero attached hydrogens (tertiary/aromatic N) is 1. The van der Waals surface area contributed by atoms with Gasteiger partial charge in [0.15, 0.2) is 0 Å². The minimum atomic E-state index is -0.546. The topological polar surface area (TPSA) is 69.4 Å². The Labute approximate surface area is 101 Å². The first kappa shape index (κ1) is 12.6. The molecule has 86 valence electrons.